The number of amides is 2. The van der Waals surface area contributed by atoms with Gasteiger partial charge in [0.15, 0.2) is 0 Å². The maximum atomic E-state index is 11.9. The summed E-state index contributed by atoms with van der Waals surface area (Å²) in [6.07, 6.45) is 1.78. The molecular formula is C13H18N2O3S. The summed E-state index contributed by atoms with van der Waals surface area (Å²) in [5, 5.41) is 13.6. The zero-order chi connectivity index (χ0) is 13.7. The third kappa shape index (κ3) is 4.24. The Morgan fingerprint density at radius 2 is 2.37 bits per heavy atom. The summed E-state index contributed by atoms with van der Waals surface area (Å²) in [6, 6.07) is 3.97. The monoisotopic (exact) mass is 282 g/mol. The second-order valence-corrected chi connectivity index (χ2v) is 5.79. The van der Waals surface area contributed by atoms with Gasteiger partial charge in [-0.2, -0.15) is 0 Å². The number of hydrogen-bond donors (Lipinski definition) is 2. The van der Waals surface area contributed by atoms with Crippen LogP contribution in [0.2, 0.25) is 0 Å². The van der Waals surface area contributed by atoms with Gasteiger partial charge in [-0.25, -0.2) is 4.79 Å². The number of likely N-dealkylation sites (tertiary alicyclic amines) is 1. The summed E-state index contributed by atoms with van der Waals surface area (Å²) in [6.45, 7) is 1.83. The van der Waals surface area contributed by atoms with Crippen molar-refractivity contribution in [3.05, 3.63) is 22.4 Å². The van der Waals surface area contributed by atoms with Crippen LogP contribution < -0.4 is 5.32 Å². The number of nitrogens with zero attached hydrogens (tertiary/aromatic N) is 1. The Bertz CT molecular complexity index is 433. The van der Waals surface area contributed by atoms with Gasteiger partial charge in [-0.15, -0.1) is 11.3 Å². The van der Waals surface area contributed by atoms with E-state index in [0.29, 0.717) is 19.6 Å². The van der Waals surface area contributed by atoms with Crippen molar-refractivity contribution >= 4 is 23.3 Å². The Morgan fingerprint density at radius 1 is 1.53 bits per heavy atom. The molecule has 1 saturated heterocycles. The van der Waals surface area contributed by atoms with Crippen molar-refractivity contribution in [1.82, 2.24) is 10.2 Å². The lowest BCUT2D eigenvalue weighted by atomic mass is 10.1. The molecule has 1 aliphatic heterocycles. The Balaban J connectivity index is 1.68. The van der Waals surface area contributed by atoms with Gasteiger partial charge in [0.25, 0.3) is 0 Å². The van der Waals surface area contributed by atoms with E-state index < -0.39 is 5.97 Å². The van der Waals surface area contributed by atoms with Crippen molar-refractivity contribution in [2.75, 3.05) is 19.6 Å². The number of thiophene rings is 1. The van der Waals surface area contributed by atoms with Crippen LogP contribution in [0.15, 0.2) is 17.5 Å². The molecule has 104 valence electrons. The Labute approximate surface area is 116 Å². The summed E-state index contributed by atoms with van der Waals surface area (Å²) < 4.78 is 0. The molecule has 1 aromatic rings. The van der Waals surface area contributed by atoms with Gasteiger partial charge in [0.2, 0.25) is 0 Å². The fourth-order valence-electron chi connectivity index (χ4n) is 2.29. The fourth-order valence-corrected chi connectivity index (χ4v) is 3.00. The average molecular weight is 282 g/mol. The van der Waals surface area contributed by atoms with Crippen LogP contribution in [-0.4, -0.2) is 41.6 Å². The van der Waals surface area contributed by atoms with E-state index in [1.54, 1.807) is 16.2 Å². The number of hydrogen-bond acceptors (Lipinski definition) is 3. The molecule has 1 aromatic heterocycles. The molecule has 0 bridgehead atoms. The molecule has 0 radical (unpaired) electrons. The first-order valence-corrected chi connectivity index (χ1v) is 7.30. The molecule has 5 nitrogen and oxygen atoms in total. The van der Waals surface area contributed by atoms with Crippen molar-refractivity contribution in [1.29, 1.82) is 0 Å². The quantitative estimate of drug-likeness (QED) is 0.865. The molecule has 0 aliphatic carbocycles. The summed E-state index contributed by atoms with van der Waals surface area (Å²) in [5.74, 6) is -0.689. The second-order valence-electron chi connectivity index (χ2n) is 4.76. The molecule has 2 amide bonds. The third-order valence-corrected chi connectivity index (χ3v) is 4.20. The van der Waals surface area contributed by atoms with Crippen LogP contribution in [0, 0.1) is 5.92 Å². The molecule has 19 heavy (non-hydrogen) atoms. The van der Waals surface area contributed by atoms with Gasteiger partial charge >= 0.3 is 12.0 Å². The van der Waals surface area contributed by atoms with Crippen LogP contribution in [-0.2, 0) is 11.2 Å². The van der Waals surface area contributed by atoms with Crippen molar-refractivity contribution in [2.45, 2.75) is 19.3 Å². The van der Waals surface area contributed by atoms with Crippen molar-refractivity contribution < 1.29 is 14.7 Å². The topological polar surface area (TPSA) is 69.6 Å². The number of carbonyl (C=O) groups is 2. The van der Waals surface area contributed by atoms with Crippen LogP contribution in [0.4, 0.5) is 4.79 Å². The SMILES string of the molecule is O=C(O)CC1CCN(C(=O)NCCc2cccs2)C1. The maximum absolute atomic E-state index is 11.9. The van der Waals surface area contributed by atoms with Crippen molar-refractivity contribution in [3.8, 4) is 0 Å². The van der Waals surface area contributed by atoms with E-state index in [4.69, 9.17) is 5.11 Å². The standard InChI is InChI=1S/C13H18N2O3S/c16-12(17)8-10-4-6-15(9-10)13(18)14-5-3-11-2-1-7-19-11/h1-2,7,10H,3-6,8-9H2,(H,14,18)(H,16,17). The maximum Gasteiger partial charge on any atom is 0.317 e. The molecule has 2 N–H and O–H groups in total. The van der Waals surface area contributed by atoms with Gasteiger partial charge in [-0.1, -0.05) is 6.07 Å². The Morgan fingerprint density at radius 3 is 3.05 bits per heavy atom. The van der Waals surface area contributed by atoms with E-state index in [-0.39, 0.29) is 18.4 Å². The van der Waals surface area contributed by atoms with E-state index >= 15 is 0 Å². The molecule has 6 heteroatoms. The summed E-state index contributed by atoms with van der Waals surface area (Å²) >= 11 is 1.68. The number of carboxylic acids is 1. The summed E-state index contributed by atoms with van der Waals surface area (Å²) in [7, 11) is 0. The number of carbonyl (C=O) groups excluding carboxylic acids is 1. The van der Waals surface area contributed by atoms with Crippen molar-refractivity contribution in [2.24, 2.45) is 5.92 Å². The lowest BCUT2D eigenvalue weighted by Crippen LogP contribution is -2.39. The minimum Gasteiger partial charge on any atom is -0.481 e. The molecule has 0 saturated carbocycles. The van der Waals surface area contributed by atoms with Crippen LogP contribution in [0.3, 0.4) is 0 Å². The first-order chi connectivity index (χ1) is 9.15. The molecule has 2 rings (SSSR count). The Kier molecular flexibility index (Phi) is 4.79. The fraction of sp³-hybridized carbons (Fsp3) is 0.538. The zero-order valence-electron chi connectivity index (χ0n) is 10.7. The highest BCUT2D eigenvalue weighted by atomic mass is 32.1. The van der Waals surface area contributed by atoms with Crippen LogP contribution >= 0.6 is 11.3 Å². The highest BCUT2D eigenvalue weighted by Gasteiger charge is 2.27. The molecule has 1 fully saturated rings. The molecule has 1 unspecified atom stereocenters. The first kappa shape index (κ1) is 13.9. The second kappa shape index (κ2) is 6.56. The van der Waals surface area contributed by atoms with Crippen molar-refractivity contribution in [3.63, 3.8) is 0 Å². The lowest BCUT2D eigenvalue weighted by Gasteiger charge is -2.16. The zero-order valence-corrected chi connectivity index (χ0v) is 11.5. The van der Waals surface area contributed by atoms with E-state index in [1.165, 1.54) is 4.88 Å². The molecule has 1 aliphatic rings. The number of rotatable bonds is 5. The molecule has 0 spiro atoms. The third-order valence-electron chi connectivity index (χ3n) is 3.26. The van der Waals surface area contributed by atoms with Gasteiger partial charge in [-0.05, 0) is 30.2 Å². The van der Waals surface area contributed by atoms with Gasteiger partial charge in [0.05, 0.1) is 0 Å². The molecule has 0 aromatic carbocycles. The minimum absolute atomic E-state index is 0.0792. The number of urea groups is 1. The molecular weight excluding hydrogens is 264 g/mol. The van der Waals surface area contributed by atoms with E-state index in [0.717, 1.165) is 12.8 Å². The van der Waals surface area contributed by atoms with Crippen LogP contribution in [0.5, 0.6) is 0 Å². The molecule has 2 heterocycles. The smallest absolute Gasteiger partial charge is 0.317 e. The van der Waals surface area contributed by atoms with E-state index in [2.05, 4.69) is 11.4 Å². The average Bonchev–Trinajstić information content (AvgIpc) is 2.99. The number of nitrogens with one attached hydrogen (secondary N) is 1. The minimum atomic E-state index is -0.787. The number of carboxylic acid groups (broad SMARTS) is 1. The number of aliphatic carboxylic acids is 1. The highest BCUT2D eigenvalue weighted by molar-refractivity contribution is 7.09. The van der Waals surface area contributed by atoms with E-state index in [1.807, 2.05) is 11.4 Å². The van der Waals surface area contributed by atoms with Crippen LogP contribution in [0.25, 0.3) is 0 Å². The Hall–Kier alpha value is -1.56. The lowest BCUT2D eigenvalue weighted by molar-refractivity contribution is -0.138. The van der Waals surface area contributed by atoms with Gasteiger partial charge in [-0.3, -0.25) is 4.79 Å². The van der Waals surface area contributed by atoms with Crippen LogP contribution in [0.1, 0.15) is 17.7 Å². The van der Waals surface area contributed by atoms with Gasteiger partial charge in [0, 0.05) is 30.9 Å². The highest BCUT2D eigenvalue weighted by Crippen LogP contribution is 2.19. The largest absolute Gasteiger partial charge is 0.481 e. The van der Waals surface area contributed by atoms with Gasteiger partial charge < -0.3 is 15.3 Å². The predicted octanol–water partition coefficient (Wildman–Crippen LogP) is 1.80. The summed E-state index contributed by atoms with van der Waals surface area (Å²) in [4.78, 5) is 25.5. The summed E-state index contributed by atoms with van der Waals surface area (Å²) in [5.41, 5.74) is 0. The molecule has 1 atom stereocenters. The van der Waals surface area contributed by atoms with E-state index in [9.17, 15) is 9.59 Å². The predicted molar refractivity (Wildman–Crippen MR) is 73.4 cm³/mol. The normalized spacial score (nSPS) is 18.5. The van der Waals surface area contributed by atoms with Gasteiger partial charge in [0.1, 0.15) is 0 Å². The first-order valence-electron chi connectivity index (χ1n) is 6.42.